The van der Waals surface area contributed by atoms with Crippen molar-refractivity contribution in [1.29, 1.82) is 0 Å². The van der Waals surface area contributed by atoms with Crippen LogP contribution in [0.3, 0.4) is 0 Å². The molecule has 1 atom stereocenters. The molecule has 0 saturated carbocycles. The number of aromatic nitrogens is 3. The van der Waals surface area contributed by atoms with E-state index in [1.54, 1.807) is 35.3 Å². The van der Waals surface area contributed by atoms with E-state index in [4.69, 9.17) is 11.6 Å². The number of benzene rings is 2. The Balaban J connectivity index is 1.39. The van der Waals surface area contributed by atoms with Crippen molar-refractivity contribution in [2.24, 2.45) is 0 Å². The topological polar surface area (TPSA) is 88.9 Å². The number of nitrogens with one attached hydrogen (secondary N) is 2. The minimum atomic E-state index is -0.178. The molecule has 0 aliphatic rings. The first-order valence-electron chi connectivity index (χ1n) is 9.31. The average molecular weight is 412 g/mol. The lowest BCUT2D eigenvalue weighted by Gasteiger charge is -2.15. The van der Waals surface area contributed by atoms with Crippen LogP contribution in [-0.2, 0) is 4.79 Å². The first kappa shape index (κ1) is 20.5. The van der Waals surface area contributed by atoms with E-state index < -0.39 is 0 Å². The third-order valence-electron chi connectivity index (χ3n) is 4.43. The Labute approximate surface area is 174 Å². The molecule has 1 aromatic heterocycles. The van der Waals surface area contributed by atoms with Crippen LogP contribution in [-0.4, -0.2) is 33.1 Å². The summed E-state index contributed by atoms with van der Waals surface area (Å²) in [6.45, 7) is 2.36. The van der Waals surface area contributed by atoms with Crippen LogP contribution in [0.2, 0.25) is 5.02 Å². The van der Waals surface area contributed by atoms with Gasteiger partial charge in [0.15, 0.2) is 0 Å². The van der Waals surface area contributed by atoms with Gasteiger partial charge in [0.05, 0.1) is 11.7 Å². The smallest absolute Gasteiger partial charge is 0.251 e. The zero-order valence-electron chi connectivity index (χ0n) is 16.0. The Bertz CT molecular complexity index is 940. The highest BCUT2D eigenvalue weighted by molar-refractivity contribution is 6.30. The molecule has 0 aliphatic heterocycles. The van der Waals surface area contributed by atoms with Crippen LogP contribution >= 0.6 is 11.6 Å². The van der Waals surface area contributed by atoms with Crippen LogP contribution < -0.4 is 10.6 Å². The van der Waals surface area contributed by atoms with E-state index in [1.165, 1.54) is 6.33 Å². The molecule has 0 aliphatic carbocycles. The van der Waals surface area contributed by atoms with E-state index in [-0.39, 0.29) is 17.9 Å². The third kappa shape index (κ3) is 5.89. The molecule has 8 heteroatoms. The third-order valence-corrected chi connectivity index (χ3v) is 4.68. The summed E-state index contributed by atoms with van der Waals surface area (Å²) < 4.78 is 1.67. The van der Waals surface area contributed by atoms with Gasteiger partial charge in [-0.15, -0.1) is 0 Å². The molecule has 7 nitrogen and oxygen atoms in total. The number of carbonyl (C=O) groups is 2. The minimum absolute atomic E-state index is 0.0569. The number of nitrogens with zero attached hydrogens (tertiary/aromatic N) is 3. The molecule has 29 heavy (non-hydrogen) atoms. The van der Waals surface area contributed by atoms with Gasteiger partial charge >= 0.3 is 0 Å². The Morgan fingerprint density at radius 2 is 1.83 bits per heavy atom. The van der Waals surface area contributed by atoms with Crippen LogP contribution in [0.15, 0.2) is 61.2 Å². The van der Waals surface area contributed by atoms with Gasteiger partial charge in [-0.05, 0) is 55.3 Å². The summed E-state index contributed by atoms with van der Waals surface area (Å²) in [5.74, 6) is -0.235. The lowest BCUT2D eigenvalue weighted by atomic mass is 10.1. The van der Waals surface area contributed by atoms with Crippen LogP contribution in [0.4, 0.5) is 0 Å². The van der Waals surface area contributed by atoms with Crippen molar-refractivity contribution in [1.82, 2.24) is 25.4 Å². The zero-order chi connectivity index (χ0) is 20.6. The highest BCUT2D eigenvalue weighted by atomic mass is 35.5. The van der Waals surface area contributed by atoms with Gasteiger partial charge in [-0.2, -0.15) is 5.10 Å². The Morgan fingerprint density at radius 1 is 1.10 bits per heavy atom. The first-order valence-corrected chi connectivity index (χ1v) is 9.69. The number of halogens is 1. The lowest BCUT2D eigenvalue weighted by molar-refractivity contribution is -0.121. The van der Waals surface area contributed by atoms with Crippen LogP contribution in [0.5, 0.6) is 0 Å². The largest absolute Gasteiger partial charge is 0.352 e. The van der Waals surface area contributed by atoms with E-state index >= 15 is 0 Å². The molecule has 0 radical (unpaired) electrons. The summed E-state index contributed by atoms with van der Waals surface area (Å²) in [6, 6.07) is 14.3. The fraction of sp³-hybridized carbons (Fsp3) is 0.238. The Morgan fingerprint density at radius 3 is 2.48 bits per heavy atom. The summed E-state index contributed by atoms with van der Waals surface area (Å²) in [5.41, 5.74) is 2.45. The molecule has 0 bridgehead atoms. The SMILES string of the molecule is CC(NC(=O)CCCNC(=O)c1ccc(Cl)cc1)c1ccc(-n2cncn2)cc1. The summed E-state index contributed by atoms with van der Waals surface area (Å²) in [6.07, 6.45) is 4.01. The van der Waals surface area contributed by atoms with Crippen molar-refractivity contribution in [2.45, 2.75) is 25.8 Å². The molecule has 2 aromatic carbocycles. The molecule has 1 unspecified atom stereocenters. The zero-order valence-corrected chi connectivity index (χ0v) is 16.8. The lowest BCUT2D eigenvalue weighted by Crippen LogP contribution is -2.29. The van der Waals surface area contributed by atoms with Crippen molar-refractivity contribution in [3.63, 3.8) is 0 Å². The molecule has 2 N–H and O–H groups in total. The minimum Gasteiger partial charge on any atom is -0.352 e. The predicted molar refractivity (Wildman–Crippen MR) is 111 cm³/mol. The maximum atomic E-state index is 12.2. The molecule has 2 amide bonds. The van der Waals surface area contributed by atoms with Gasteiger partial charge in [-0.3, -0.25) is 9.59 Å². The standard InChI is InChI=1S/C21H22ClN5O2/c1-15(16-6-10-19(11-7-16)27-14-23-13-25-27)26-20(28)3-2-12-24-21(29)17-4-8-18(22)9-5-17/h4-11,13-15H,2-3,12H2,1H3,(H,24,29)(H,26,28). The number of amides is 2. The fourth-order valence-corrected chi connectivity index (χ4v) is 2.93. The maximum Gasteiger partial charge on any atom is 0.251 e. The molecule has 0 fully saturated rings. The van der Waals surface area contributed by atoms with Crippen molar-refractivity contribution in [2.75, 3.05) is 6.54 Å². The van der Waals surface area contributed by atoms with Gasteiger partial charge in [-0.1, -0.05) is 23.7 Å². The van der Waals surface area contributed by atoms with Crippen molar-refractivity contribution < 1.29 is 9.59 Å². The molecule has 3 rings (SSSR count). The first-order chi connectivity index (χ1) is 14.0. The molecular formula is C21H22ClN5O2. The van der Waals surface area contributed by atoms with E-state index in [0.29, 0.717) is 30.0 Å². The summed E-state index contributed by atoms with van der Waals surface area (Å²) in [7, 11) is 0. The highest BCUT2D eigenvalue weighted by Crippen LogP contribution is 2.15. The molecule has 150 valence electrons. The van der Waals surface area contributed by atoms with Crippen LogP contribution in [0, 0.1) is 0 Å². The van der Waals surface area contributed by atoms with Crippen molar-refractivity contribution in [3.05, 3.63) is 77.3 Å². The summed E-state index contributed by atoms with van der Waals surface area (Å²) >= 11 is 5.81. The second-order valence-electron chi connectivity index (χ2n) is 6.59. The number of hydrogen-bond donors (Lipinski definition) is 2. The van der Waals surface area contributed by atoms with Gasteiger partial charge in [0.1, 0.15) is 12.7 Å². The second kappa shape index (κ2) is 9.84. The van der Waals surface area contributed by atoms with Crippen molar-refractivity contribution >= 4 is 23.4 Å². The quantitative estimate of drug-likeness (QED) is 0.556. The summed E-state index contributed by atoms with van der Waals surface area (Å²) in [5, 5.41) is 10.4. The average Bonchev–Trinajstić information content (AvgIpc) is 3.26. The number of rotatable bonds is 8. The predicted octanol–water partition coefficient (Wildman–Crippen LogP) is 3.31. The van der Waals surface area contributed by atoms with Crippen LogP contribution in [0.25, 0.3) is 5.69 Å². The Hall–Kier alpha value is -3.19. The fourth-order valence-electron chi connectivity index (χ4n) is 2.81. The second-order valence-corrected chi connectivity index (χ2v) is 7.02. The van der Waals surface area contributed by atoms with E-state index in [9.17, 15) is 9.59 Å². The number of carbonyl (C=O) groups excluding carboxylic acids is 2. The number of hydrogen-bond acceptors (Lipinski definition) is 4. The molecule has 0 spiro atoms. The van der Waals surface area contributed by atoms with E-state index in [0.717, 1.165) is 11.3 Å². The maximum absolute atomic E-state index is 12.2. The van der Waals surface area contributed by atoms with Gasteiger partial charge in [0.2, 0.25) is 5.91 Å². The van der Waals surface area contributed by atoms with Gasteiger partial charge in [0, 0.05) is 23.6 Å². The van der Waals surface area contributed by atoms with Crippen LogP contribution in [0.1, 0.15) is 41.7 Å². The monoisotopic (exact) mass is 411 g/mol. The van der Waals surface area contributed by atoms with E-state index in [1.807, 2.05) is 31.2 Å². The molecule has 3 aromatic rings. The normalized spacial score (nSPS) is 11.7. The molecule has 0 saturated heterocycles. The highest BCUT2D eigenvalue weighted by Gasteiger charge is 2.10. The van der Waals surface area contributed by atoms with Gasteiger partial charge < -0.3 is 10.6 Å². The van der Waals surface area contributed by atoms with Gasteiger partial charge in [-0.25, -0.2) is 9.67 Å². The van der Waals surface area contributed by atoms with Crippen molar-refractivity contribution in [3.8, 4) is 5.69 Å². The van der Waals surface area contributed by atoms with E-state index in [2.05, 4.69) is 20.7 Å². The molecular weight excluding hydrogens is 390 g/mol. The summed E-state index contributed by atoms with van der Waals surface area (Å²) in [4.78, 5) is 28.1. The molecule has 1 heterocycles. The van der Waals surface area contributed by atoms with Gasteiger partial charge in [0.25, 0.3) is 5.91 Å². The Kier molecular flexibility index (Phi) is 6.97.